The molecule has 2 bridgehead atoms. The third kappa shape index (κ3) is 2.26. The number of hydrogen-bond acceptors (Lipinski definition) is 1. The molecule has 0 aromatic heterocycles. The summed E-state index contributed by atoms with van der Waals surface area (Å²) in [7, 11) is 2.11. The van der Waals surface area contributed by atoms with Gasteiger partial charge in [0.25, 0.3) is 0 Å². The molecule has 1 nitrogen and oxygen atoms in total. The first-order valence-electron chi connectivity index (χ1n) is 6.97. The molecule has 0 radical (unpaired) electrons. The Hall–Kier alpha value is -1.29. The fourth-order valence-electron chi connectivity index (χ4n) is 3.39. The van der Waals surface area contributed by atoms with Crippen LogP contribution in [-0.2, 0) is 6.18 Å². The summed E-state index contributed by atoms with van der Waals surface area (Å²) in [6.07, 6.45) is 0.996. The normalized spacial score (nSPS) is 26.8. The summed E-state index contributed by atoms with van der Waals surface area (Å²) in [6.45, 7) is 1.89. The van der Waals surface area contributed by atoms with E-state index in [-0.39, 0.29) is 0 Å². The van der Waals surface area contributed by atoms with E-state index in [1.807, 2.05) is 6.92 Å². The summed E-state index contributed by atoms with van der Waals surface area (Å²) in [4.78, 5) is 2.34. The van der Waals surface area contributed by atoms with Gasteiger partial charge in [0.1, 0.15) is 0 Å². The van der Waals surface area contributed by atoms with Crippen molar-refractivity contribution in [3.63, 3.8) is 0 Å². The third-order valence-corrected chi connectivity index (χ3v) is 4.65. The SMILES string of the molecule is Cc1ccc(C(F)(F)F)cc1C1=CC2CCC(C1)N2C. The van der Waals surface area contributed by atoms with Gasteiger partial charge in [0.2, 0.25) is 0 Å². The first-order chi connectivity index (χ1) is 9.36. The maximum absolute atomic E-state index is 12.9. The number of alkyl halides is 3. The highest BCUT2D eigenvalue weighted by Gasteiger charge is 2.35. The van der Waals surface area contributed by atoms with Crippen LogP contribution in [0, 0.1) is 6.92 Å². The van der Waals surface area contributed by atoms with Gasteiger partial charge in [-0.1, -0.05) is 12.1 Å². The first-order valence-corrected chi connectivity index (χ1v) is 6.97. The molecule has 108 valence electrons. The van der Waals surface area contributed by atoms with Crippen LogP contribution in [0.5, 0.6) is 0 Å². The Morgan fingerprint density at radius 2 is 1.95 bits per heavy atom. The van der Waals surface area contributed by atoms with Crippen molar-refractivity contribution in [2.24, 2.45) is 0 Å². The average molecular weight is 281 g/mol. The summed E-state index contributed by atoms with van der Waals surface area (Å²) < 4.78 is 38.6. The number of rotatable bonds is 1. The van der Waals surface area contributed by atoms with Crippen LogP contribution in [0.3, 0.4) is 0 Å². The predicted molar refractivity (Wildman–Crippen MR) is 73.3 cm³/mol. The van der Waals surface area contributed by atoms with Gasteiger partial charge in [0.05, 0.1) is 5.56 Å². The third-order valence-electron chi connectivity index (χ3n) is 4.65. The number of nitrogens with zero attached hydrogens (tertiary/aromatic N) is 1. The van der Waals surface area contributed by atoms with Crippen molar-refractivity contribution in [3.8, 4) is 0 Å². The average Bonchev–Trinajstić information content (AvgIpc) is 2.61. The molecule has 4 heteroatoms. The van der Waals surface area contributed by atoms with Gasteiger partial charge in [-0.25, -0.2) is 0 Å². The monoisotopic (exact) mass is 281 g/mol. The molecule has 0 amide bonds. The highest BCUT2D eigenvalue weighted by atomic mass is 19.4. The summed E-state index contributed by atoms with van der Waals surface area (Å²) in [6, 6.07) is 4.93. The smallest absolute Gasteiger partial charge is 0.297 e. The van der Waals surface area contributed by atoms with Crippen molar-refractivity contribution in [2.75, 3.05) is 7.05 Å². The van der Waals surface area contributed by atoms with Crippen molar-refractivity contribution in [1.82, 2.24) is 4.90 Å². The van der Waals surface area contributed by atoms with Gasteiger partial charge in [-0.2, -0.15) is 13.2 Å². The Bertz CT molecular complexity index is 559. The molecule has 0 saturated carbocycles. The van der Waals surface area contributed by atoms with E-state index in [9.17, 15) is 13.2 Å². The summed E-state index contributed by atoms with van der Waals surface area (Å²) in [5, 5.41) is 0. The standard InChI is InChI=1S/C16H18F3N/c1-10-3-4-12(16(17,18)19)9-15(10)11-7-13-5-6-14(8-11)20(13)2/h3-4,7,9,13-14H,5-6,8H2,1-2H3. The molecule has 0 aliphatic carbocycles. The van der Waals surface area contributed by atoms with Gasteiger partial charge in [-0.15, -0.1) is 0 Å². The number of likely N-dealkylation sites (N-methyl/N-ethyl adjacent to an activating group) is 1. The van der Waals surface area contributed by atoms with Crippen molar-refractivity contribution >= 4 is 5.57 Å². The van der Waals surface area contributed by atoms with Crippen molar-refractivity contribution in [1.29, 1.82) is 0 Å². The van der Waals surface area contributed by atoms with Crippen LogP contribution >= 0.6 is 0 Å². The fraction of sp³-hybridized carbons (Fsp3) is 0.500. The summed E-state index contributed by atoms with van der Waals surface area (Å²) in [5.41, 5.74) is 2.22. The van der Waals surface area contributed by atoms with Gasteiger partial charge in [0.15, 0.2) is 0 Å². The van der Waals surface area contributed by atoms with E-state index < -0.39 is 11.7 Å². The van der Waals surface area contributed by atoms with E-state index in [1.165, 1.54) is 12.1 Å². The highest BCUT2D eigenvalue weighted by molar-refractivity contribution is 5.71. The zero-order valence-electron chi connectivity index (χ0n) is 11.7. The molecule has 2 aliphatic heterocycles. The molecule has 2 aliphatic rings. The van der Waals surface area contributed by atoms with Crippen LogP contribution in [0.2, 0.25) is 0 Å². The highest BCUT2D eigenvalue weighted by Crippen LogP contribution is 2.39. The van der Waals surface area contributed by atoms with Crippen LogP contribution < -0.4 is 0 Å². The number of halogens is 3. The molecule has 1 aromatic carbocycles. The van der Waals surface area contributed by atoms with E-state index in [2.05, 4.69) is 18.0 Å². The summed E-state index contributed by atoms with van der Waals surface area (Å²) in [5.74, 6) is 0. The second-order valence-electron chi connectivity index (χ2n) is 5.89. The molecule has 1 aromatic rings. The Kier molecular flexibility index (Phi) is 3.16. The van der Waals surface area contributed by atoms with E-state index in [0.717, 1.165) is 36.0 Å². The topological polar surface area (TPSA) is 3.24 Å². The number of aryl methyl sites for hydroxylation is 1. The number of hydrogen-bond donors (Lipinski definition) is 0. The van der Waals surface area contributed by atoms with Crippen LogP contribution in [0.4, 0.5) is 13.2 Å². The maximum Gasteiger partial charge on any atom is 0.416 e. The maximum atomic E-state index is 12.9. The van der Waals surface area contributed by atoms with Crippen LogP contribution in [0.15, 0.2) is 24.3 Å². The fourth-order valence-corrected chi connectivity index (χ4v) is 3.39. The van der Waals surface area contributed by atoms with Crippen LogP contribution in [-0.4, -0.2) is 24.0 Å². The van der Waals surface area contributed by atoms with Gasteiger partial charge >= 0.3 is 6.18 Å². The Morgan fingerprint density at radius 1 is 1.20 bits per heavy atom. The van der Waals surface area contributed by atoms with Gasteiger partial charge in [-0.05, 0) is 62.1 Å². The Balaban J connectivity index is 2.01. The van der Waals surface area contributed by atoms with E-state index in [4.69, 9.17) is 0 Å². The van der Waals surface area contributed by atoms with Crippen molar-refractivity contribution in [3.05, 3.63) is 41.0 Å². The minimum Gasteiger partial charge on any atom is -0.297 e. The lowest BCUT2D eigenvalue weighted by atomic mass is 9.91. The molecule has 20 heavy (non-hydrogen) atoms. The van der Waals surface area contributed by atoms with Crippen LogP contribution in [0.1, 0.15) is 36.0 Å². The molecule has 0 spiro atoms. The quantitative estimate of drug-likeness (QED) is 0.743. The van der Waals surface area contributed by atoms with Gasteiger partial charge in [0, 0.05) is 12.1 Å². The zero-order valence-corrected chi connectivity index (χ0v) is 11.7. The molecule has 2 atom stereocenters. The lowest BCUT2D eigenvalue weighted by Crippen LogP contribution is -2.34. The molecule has 2 unspecified atom stereocenters. The summed E-state index contributed by atoms with van der Waals surface area (Å²) >= 11 is 0. The second kappa shape index (κ2) is 4.62. The van der Waals surface area contributed by atoms with E-state index in [1.54, 1.807) is 6.07 Å². The minimum absolute atomic E-state index is 0.387. The molecule has 3 rings (SSSR count). The van der Waals surface area contributed by atoms with Gasteiger partial charge in [-0.3, -0.25) is 4.90 Å². The largest absolute Gasteiger partial charge is 0.416 e. The van der Waals surface area contributed by atoms with Crippen molar-refractivity contribution in [2.45, 2.75) is 44.4 Å². The second-order valence-corrected chi connectivity index (χ2v) is 5.89. The zero-order chi connectivity index (χ0) is 14.5. The Morgan fingerprint density at radius 3 is 2.60 bits per heavy atom. The van der Waals surface area contributed by atoms with E-state index in [0.29, 0.717) is 12.1 Å². The van der Waals surface area contributed by atoms with Gasteiger partial charge < -0.3 is 0 Å². The molecule has 1 saturated heterocycles. The van der Waals surface area contributed by atoms with E-state index >= 15 is 0 Å². The Labute approximate surface area is 117 Å². The first kappa shape index (κ1) is 13.7. The lowest BCUT2D eigenvalue weighted by Gasteiger charge is -2.31. The molecule has 1 fully saturated rings. The minimum atomic E-state index is -4.27. The molecule has 0 N–H and O–H groups in total. The van der Waals surface area contributed by atoms with Crippen molar-refractivity contribution < 1.29 is 13.2 Å². The molecule has 2 heterocycles. The molecular weight excluding hydrogens is 263 g/mol. The number of fused-ring (bicyclic) bond motifs is 2. The number of benzene rings is 1. The predicted octanol–water partition coefficient (Wildman–Crippen LogP) is 4.26. The van der Waals surface area contributed by atoms with Crippen LogP contribution in [0.25, 0.3) is 5.57 Å². The lowest BCUT2D eigenvalue weighted by molar-refractivity contribution is -0.137. The molecular formula is C16H18F3N.